The van der Waals surface area contributed by atoms with E-state index in [-0.39, 0.29) is 37.1 Å². The monoisotopic (exact) mass is 511 g/mol. The highest BCUT2D eigenvalue weighted by Crippen LogP contribution is 2.44. The van der Waals surface area contributed by atoms with Crippen LogP contribution in [0, 0.1) is 0 Å². The molecule has 0 saturated carbocycles. The highest BCUT2D eigenvalue weighted by atomic mass is 35.5. The molecule has 11 heteroatoms. The topological polar surface area (TPSA) is 105 Å². The normalized spacial score (nSPS) is 20.0. The summed E-state index contributed by atoms with van der Waals surface area (Å²) in [5.41, 5.74) is 2.95. The van der Waals surface area contributed by atoms with E-state index in [1.54, 1.807) is 6.07 Å². The van der Waals surface area contributed by atoms with Crippen LogP contribution in [-0.2, 0) is 27.3 Å². The third-order valence-corrected chi connectivity index (χ3v) is 7.92. The van der Waals surface area contributed by atoms with Gasteiger partial charge in [0.2, 0.25) is 11.8 Å². The summed E-state index contributed by atoms with van der Waals surface area (Å²) in [5, 5.41) is 3.79. The second-order valence-corrected chi connectivity index (χ2v) is 10.4. The Balaban J connectivity index is 1.34. The van der Waals surface area contributed by atoms with Crippen molar-refractivity contribution in [1.29, 1.82) is 0 Å². The summed E-state index contributed by atoms with van der Waals surface area (Å²) in [4.78, 5) is 50.1. The molecule has 0 radical (unpaired) electrons. The summed E-state index contributed by atoms with van der Waals surface area (Å²) >= 11 is 7.91. The minimum Gasteiger partial charge on any atom is -0.479 e. The van der Waals surface area contributed by atoms with Crippen LogP contribution in [-0.4, -0.2) is 69.8 Å². The molecule has 180 valence electrons. The number of halogens is 1. The van der Waals surface area contributed by atoms with Crippen molar-refractivity contribution in [2.75, 3.05) is 26.2 Å². The highest BCUT2D eigenvalue weighted by Gasteiger charge is 2.35. The fourth-order valence-electron chi connectivity index (χ4n) is 4.86. The number of rotatable bonds is 4. The number of hydrogen-bond acceptors (Lipinski definition) is 8. The van der Waals surface area contributed by atoms with Gasteiger partial charge in [0.15, 0.2) is 6.10 Å². The molecule has 2 fully saturated rings. The average molecular weight is 512 g/mol. The molecule has 35 heavy (non-hydrogen) atoms. The van der Waals surface area contributed by atoms with Gasteiger partial charge >= 0.3 is 0 Å². The number of thiophene rings is 1. The molecule has 6 rings (SSSR count). The molecule has 1 N–H and O–H groups in total. The first kappa shape index (κ1) is 22.4. The van der Waals surface area contributed by atoms with Gasteiger partial charge in [-0.1, -0.05) is 11.6 Å². The summed E-state index contributed by atoms with van der Waals surface area (Å²) in [6.45, 7) is 3.10. The van der Waals surface area contributed by atoms with Crippen LogP contribution in [0.3, 0.4) is 0 Å². The van der Waals surface area contributed by atoms with E-state index in [4.69, 9.17) is 16.3 Å². The molecule has 2 aromatic heterocycles. The number of carbonyl (C=O) groups is 3. The summed E-state index contributed by atoms with van der Waals surface area (Å²) < 4.78 is 7.04. The summed E-state index contributed by atoms with van der Waals surface area (Å²) in [7, 11) is 0. The fourth-order valence-corrected chi connectivity index (χ4v) is 6.20. The van der Waals surface area contributed by atoms with Crippen molar-refractivity contribution in [3.8, 4) is 17.0 Å². The second kappa shape index (κ2) is 8.85. The lowest BCUT2D eigenvalue weighted by molar-refractivity contribution is -0.139. The maximum absolute atomic E-state index is 13.1. The molecule has 5 heterocycles. The van der Waals surface area contributed by atoms with Gasteiger partial charge in [0.25, 0.3) is 5.91 Å². The Kier molecular flexibility index (Phi) is 5.66. The van der Waals surface area contributed by atoms with E-state index in [0.717, 1.165) is 28.2 Å². The minimum absolute atomic E-state index is 0.0176. The predicted octanol–water partition coefficient (Wildman–Crippen LogP) is 2.40. The Bertz CT molecular complexity index is 1350. The van der Waals surface area contributed by atoms with Crippen LogP contribution in [0.2, 0.25) is 5.02 Å². The number of imide groups is 1. The van der Waals surface area contributed by atoms with E-state index in [0.29, 0.717) is 47.1 Å². The molecule has 0 unspecified atom stereocenters. The van der Waals surface area contributed by atoms with Gasteiger partial charge in [0, 0.05) is 66.5 Å². The number of aromatic nitrogens is 2. The maximum Gasteiger partial charge on any atom is 0.264 e. The van der Waals surface area contributed by atoms with Crippen molar-refractivity contribution in [2.24, 2.45) is 0 Å². The lowest BCUT2D eigenvalue weighted by Gasteiger charge is -2.29. The van der Waals surface area contributed by atoms with Crippen LogP contribution >= 0.6 is 22.9 Å². The van der Waals surface area contributed by atoms with Gasteiger partial charge in [0.1, 0.15) is 12.1 Å². The zero-order valence-electron chi connectivity index (χ0n) is 18.8. The van der Waals surface area contributed by atoms with Crippen LogP contribution in [0.4, 0.5) is 0 Å². The van der Waals surface area contributed by atoms with E-state index in [1.807, 2.05) is 17.0 Å². The first-order chi connectivity index (χ1) is 17.0. The van der Waals surface area contributed by atoms with Gasteiger partial charge in [-0.15, -0.1) is 11.3 Å². The number of nitrogens with one attached hydrogen (secondary N) is 1. The zero-order valence-corrected chi connectivity index (χ0v) is 20.3. The van der Waals surface area contributed by atoms with Crippen molar-refractivity contribution < 1.29 is 19.1 Å². The average Bonchev–Trinajstić information content (AvgIpc) is 3.56. The number of fused-ring (bicyclic) bond motifs is 2. The van der Waals surface area contributed by atoms with E-state index in [2.05, 4.69) is 15.3 Å². The Morgan fingerprint density at radius 1 is 1.14 bits per heavy atom. The smallest absolute Gasteiger partial charge is 0.264 e. The van der Waals surface area contributed by atoms with E-state index in [1.165, 1.54) is 22.6 Å². The van der Waals surface area contributed by atoms with Gasteiger partial charge in [-0.25, -0.2) is 9.97 Å². The minimum atomic E-state index is -0.594. The molecule has 1 atom stereocenters. The first-order valence-corrected chi connectivity index (χ1v) is 12.7. The van der Waals surface area contributed by atoms with Gasteiger partial charge in [-0.05, 0) is 18.2 Å². The molecule has 1 aromatic carbocycles. The fraction of sp³-hybridized carbons (Fsp3) is 0.375. The standard InChI is InChI=1S/C24H22ClN5O4S/c25-14-7-13-8-18(24(33)29-5-3-26-4-6-29)34-22(13)16(9-14)21-23-17(27-12-28-21)10-15(35-23)11-30-19(31)1-2-20(30)32/h7,9-10,12,18,26H,1-6,8,11H2/t18-/m1/s1. The second-order valence-electron chi connectivity index (χ2n) is 8.85. The van der Waals surface area contributed by atoms with Crippen LogP contribution in [0.25, 0.3) is 21.5 Å². The molecule has 2 saturated heterocycles. The Morgan fingerprint density at radius 2 is 1.91 bits per heavy atom. The van der Waals surface area contributed by atoms with Gasteiger partial charge in [-0.3, -0.25) is 19.3 Å². The largest absolute Gasteiger partial charge is 0.479 e. The van der Waals surface area contributed by atoms with Gasteiger partial charge < -0.3 is 15.0 Å². The highest BCUT2D eigenvalue weighted by molar-refractivity contribution is 7.19. The Morgan fingerprint density at radius 3 is 2.69 bits per heavy atom. The van der Waals surface area contributed by atoms with Crippen molar-refractivity contribution in [3.63, 3.8) is 0 Å². The van der Waals surface area contributed by atoms with E-state index < -0.39 is 6.10 Å². The van der Waals surface area contributed by atoms with Crippen molar-refractivity contribution >= 4 is 50.9 Å². The number of nitrogens with zero attached hydrogens (tertiary/aromatic N) is 4. The molecule has 0 aliphatic carbocycles. The van der Waals surface area contributed by atoms with Gasteiger partial charge in [-0.2, -0.15) is 0 Å². The zero-order chi connectivity index (χ0) is 24.1. The summed E-state index contributed by atoms with van der Waals surface area (Å²) in [5.74, 6) is 0.290. The lowest BCUT2D eigenvalue weighted by Crippen LogP contribution is -2.50. The Hall–Kier alpha value is -3.08. The number of piperazine rings is 1. The van der Waals surface area contributed by atoms with Gasteiger partial charge in [0.05, 0.1) is 22.5 Å². The van der Waals surface area contributed by atoms with Crippen LogP contribution in [0.5, 0.6) is 5.75 Å². The van der Waals surface area contributed by atoms with Crippen molar-refractivity contribution in [3.05, 3.63) is 40.0 Å². The molecule has 3 aliphatic rings. The molecule has 9 nitrogen and oxygen atoms in total. The quantitative estimate of drug-likeness (QED) is 0.536. The van der Waals surface area contributed by atoms with E-state index in [9.17, 15) is 14.4 Å². The number of amides is 3. The molecule has 3 amide bonds. The molecule has 3 aliphatic heterocycles. The predicted molar refractivity (Wildman–Crippen MR) is 130 cm³/mol. The number of hydrogen-bond donors (Lipinski definition) is 1. The Labute approximate surface area is 210 Å². The summed E-state index contributed by atoms with van der Waals surface area (Å²) in [6, 6.07) is 5.52. The number of carbonyl (C=O) groups excluding carboxylic acids is 3. The molecule has 0 spiro atoms. The molecule has 3 aromatic rings. The third kappa shape index (κ3) is 4.05. The molecule has 0 bridgehead atoms. The maximum atomic E-state index is 13.1. The van der Waals surface area contributed by atoms with Crippen molar-refractivity contribution in [2.45, 2.75) is 31.9 Å². The number of benzene rings is 1. The first-order valence-electron chi connectivity index (χ1n) is 11.5. The van der Waals surface area contributed by atoms with Crippen molar-refractivity contribution in [1.82, 2.24) is 25.1 Å². The number of ether oxygens (including phenoxy) is 1. The molecular formula is C24H22ClN5O4S. The summed E-state index contributed by atoms with van der Waals surface area (Å²) in [6.07, 6.45) is 1.85. The van der Waals surface area contributed by atoms with Crippen LogP contribution in [0.15, 0.2) is 24.5 Å². The molecular weight excluding hydrogens is 490 g/mol. The van der Waals surface area contributed by atoms with E-state index >= 15 is 0 Å². The SMILES string of the molecule is O=C([C@H]1Cc2cc(Cl)cc(-c3ncnc4cc(CN5C(=O)CCC5=O)sc34)c2O1)N1CCNCC1. The van der Waals surface area contributed by atoms with Crippen LogP contribution < -0.4 is 10.1 Å². The third-order valence-electron chi connectivity index (χ3n) is 6.59. The number of likely N-dealkylation sites (tertiary alicyclic amines) is 1. The lowest BCUT2D eigenvalue weighted by atomic mass is 10.0. The van der Waals surface area contributed by atoms with Crippen LogP contribution in [0.1, 0.15) is 23.3 Å².